The number of nitrogens with one attached hydrogen (secondary N) is 1. The fourth-order valence-corrected chi connectivity index (χ4v) is 3.52. The van der Waals surface area contributed by atoms with Gasteiger partial charge in [-0.2, -0.15) is 0 Å². The summed E-state index contributed by atoms with van der Waals surface area (Å²) in [4.78, 5) is 26.3. The molecule has 0 saturated carbocycles. The maximum Gasteiger partial charge on any atom is 0.324 e. The molecule has 2 aromatic rings. The lowest BCUT2D eigenvalue weighted by molar-refractivity contribution is -0.131. The van der Waals surface area contributed by atoms with Crippen molar-refractivity contribution in [2.24, 2.45) is 0 Å². The zero-order valence-electron chi connectivity index (χ0n) is 12.7. The maximum absolute atomic E-state index is 12.8. The van der Waals surface area contributed by atoms with Gasteiger partial charge in [0.05, 0.1) is 5.92 Å². The minimum atomic E-state index is -0.288. The summed E-state index contributed by atoms with van der Waals surface area (Å²) in [5, 5.41) is 2.85. The number of rotatable bonds is 3. The van der Waals surface area contributed by atoms with Gasteiger partial charge in [-0.05, 0) is 23.1 Å². The highest BCUT2D eigenvalue weighted by Gasteiger charge is 2.38. The molecule has 0 radical (unpaired) electrons. The van der Waals surface area contributed by atoms with E-state index in [0.29, 0.717) is 13.1 Å². The van der Waals surface area contributed by atoms with Gasteiger partial charge in [-0.3, -0.25) is 9.69 Å². The van der Waals surface area contributed by atoms with E-state index in [1.165, 1.54) is 16.0 Å². The Kier molecular flexibility index (Phi) is 3.37. The highest BCUT2D eigenvalue weighted by atomic mass is 16.2. The van der Waals surface area contributed by atoms with Gasteiger partial charge in [0, 0.05) is 19.0 Å². The normalized spacial score (nSPS) is 23.0. The monoisotopic (exact) mass is 306 g/mol. The van der Waals surface area contributed by atoms with Crippen LogP contribution in [0.25, 0.3) is 0 Å². The quantitative estimate of drug-likeness (QED) is 0.948. The molecule has 4 heteroatoms. The minimum Gasteiger partial charge on any atom is -0.336 e. The number of urea groups is 1. The van der Waals surface area contributed by atoms with Crippen molar-refractivity contribution in [3.8, 4) is 0 Å². The van der Waals surface area contributed by atoms with E-state index in [9.17, 15) is 9.59 Å². The third kappa shape index (κ3) is 2.40. The first-order chi connectivity index (χ1) is 11.2. The number of nitrogens with zero attached hydrogens (tertiary/aromatic N) is 1. The summed E-state index contributed by atoms with van der Waals surface area (Å²) in [7, 11) is 0. The van der Waals surface area contributed by atoms with Gasteiger partial charge in [-0.15, -0.1) is 0 Å². The third-order valence-corrected chi connectivity index (χ3v) is 4.83. The van der Waals surface area contributed by atoms with Crippen LogP contribution in [-0.2, 0) is 11.2 Å². The molecule has 1 saturated heterocycles. The van der Waals surface area contributed by atoms with Crippen LogP contribution in [0, 0.1) is 0 Å². The van der Waals surface area contributed by atoms with Crippen LogP contribution < -0.4 is 5.32 Å². The summed E-state index contributed by atoms with van der Waals surface area (Å²) < 4.78 is 0. The highest BCUT2D eigenvalue weighted by molar-refractivity contribution is 6.00. The lowest BCUT2D eigenvalue weighted by Crippen LogP contribution is -2.55. The van der Waals surface area contributed by atoms with Crippen molar-refractivity contribution >= 4 is 11.9 Å². The molecule has 0 aromatic heterocycles. The zero-order chi connectivity index (χ0) is 15.8. The predicted molar refractivity (Wildman–Crippen MR) is 87.2 cm³/mol. The Morgan fingerprint density at radius 3 is 2.52 bits per heavy atom. The average molecular weight is 306 g/mol. The number of amides is 3. The Hall–Kier alpha value is -2.62. The van der Waals surface area contributed by atoms with E-state index >= 15 is 0 Å². The molecule has 4 nitrogen and oxygen atoms in total. The van der Waals surface area contributed by atoms with Gasteiger partial charge in [0.1, 0.15) is 0 Å². The molecule has 1 N–H and O–H groups in total. The molecule has 1 fully saturated rings. The topological polar surface area (TPSA) is 49.4 Å². The van der Waals surface area contributed by atoms with Crippen molar-refractivity contribution < 1.29 is 9.59 Å². The molecule has 3 amide bonds. The van der Waals surface area contributed by atoms with Crippen LogP contribution in [0.4, 0.5) is 4.79 Å². The number of hydrogen-bond donors (Lipinski definition) is 1. The first kappa shape index (κ1) is 14.0. The lowest BCUT2D eigenvalue weighted by Gasteiger charge is -2.37. The maximum atomic E-state index is 12.8. The molecule has 0 spiro atoms. The van der Waals surface area contributed by atoms with Crippen LogP contribution in [0.2, 0.25) is 0 Å². The first-order valence-electron chi connectivity index (χ1n) is 7.96. The fraction of sp³-hybridized carbons (Fsp3) is 0.263. The van der Waals surface area contributed by atoms with Crippen molar-refractivity contribution in [1.82, 2.24) is 10.2 Å². The van der Waals surface area contributed by atoms with Crippen molar-refractivity contribution in [1.29, 1.82) is 0 Å². The molecule has 1 aliphatic carbocycles. The van der Waals surface area contributed by atoms with Crippen LogP contribution >= 0.6 is 0 Å². The molecular formula is C19H18N2O2. The molecule has 2 atom stereocenters. The van der Waals surface area contributed by atoms with E-state index in [2.05, 4.69) is 17.4 Å². The molecule has 2 aromatic carbocycles. The molecule has 1 heterocycles. The van der Waals surface area contributed by atoms with E-state index in [0.717, 1.165) is 12.0 Å². The molecule has 2 unspecified atom stereocenters. The van der Waals surface area contributed by atoms with Gasteiger partial charge in [0.2, 0.25) is 5.91 Å². The van der Waals surface area contributed by atoms with E-state index in [1.54, 1.807) is 0 Å². The van der Waals surface area contributed by atoms with Crippen LogP contribution in [-0.4, -0.2) is 29.9 Å². The molecule has 2 aliphatic rings. The molecule has 116 valence electrons. The van der Waals surface area contributed by atoms with Gasteiger partial charge in [-0.1, -0.05) is 54.6 Å². The summed E-state index contributed by atoms with van der Waals surface area (Å²) in [5.41, 5.74) is 3.54. The van der Waals surface area contributed by atoms with Gasteiger partial charge >= 0.3 is 6.03 Å². The Labute approximate surface area is 135 Å². The van der Waals surface area contributed by atoms with Crippen LogP contribution in [0.3, 0.4) is 0 Å². The van der Waals surface area contributed by atoms with Crippen molar-refractivity contribution in [2.45, 2.75) is 18.3 Å². The first-order valence-corrected chi connectivity index (χ1v) is 7.96. The Balaban J connectivity index is 1.54. The Morgan fingerprint density at radius 1 is 1.00 bits per heavy atom. The average Bonchev–Trinajstić information content (AvgIpc) is 2.56. The van der Waals surface area contributed by atoms with Gasteiger partial charge < -0.3 is 5.32 Å². The predicted octanol–water partition coefficient (Wildman–Crippen LogP) is 2.66. The van der Waals surface area contributed by atoms with E-state index < -0.39 is 0 Å². The highest BCUT2D eigenvalue weighted by Crippen LogP contribution is 2.36. The van der Waals surface area contributed by atoms with Gasteiger partial charge in [0.15, 0.2) is 0 Å². The molecule has 23 heavy (non-hydrogen) atoms. The van der Waals surface area contributed by atoms with E-state index in [4.69, 9.17) is 0 Å². The summed E-state index contributed by atoms with van der Waals surface area (Å²) in [6, 6.07) is 17.6. The molecule has 0 bridgehead atoms. The standard InChI is InChI=1S/C19H18N2O2/c22-18-17(13-6-2-1-3-7-13)11-20-19(23)21(18)12-15-10-14-8-4-5-9-16(14)15/h1-9,15,17H,10-12H2,(H,20,23). The largest absolute Gasteiger partial charge is 0.336 e. The fourth-order valence-electron chi connectivity index (χ4n) is 3.52. The van der Waals surface area contributed by atoms with Gasteiger partial charge in [0.25, 0.3) is 0 Å². The SMILES string of the molecule is O=C1NCC(c2ccccc2)C(=O)N1CC1Cc2ccccc21. The number of fused-ring (bicyclic) bond motifs is 1. The summed E-state index contributed by atoms with van der Waals surface area (Å²) in [5.74, 6) is -0.121. The number of carbonyl (C=O) groups is 2. The smallest absolute Gasteiger partial charge is 0.324 e. The summed E-state index contributed by atoms with van der Waals surface area (Å²) in [6.07, 6.45) is 0.934. The van der Waals surface area contributed by atoms with Crippen LogP contribution in [0.5, 0.6) is 0 Å². The molecular weight excluding hydrogens is 288 g/mol. The minimum absolute atomic E-state index is 0.0932. The zero-order valence-corrected chi connectivity index (χ0v) is 12.7. The van der Waals surface area contributed by atoms with Crippen molar-refractivity contribution in [3.05, 3.63) is 71.3 Å². The summed E-state index contributed by atoms with van der Waals surface area (Å²) >= 11 is 0. The van der Waals surface area contributed by atoms with Crippen molar-refractivity contribution in [3.63, 3.8) is 0 Å². The molecule has 1 aliphatic heterocycles. The number of hydrogen-bond acceptors (Lipinski definition) is 2. The number of carbonyl (C=O) groups excluding carboxylic acids is 2. The number of imide groups is 1. The second kappa shape index (κ2) is 5.54. The Morgan fingerprint density at radius 2 is 1.74 bits per heavy atom. The van der Waals surface area contributed by atoms with Crippen LogP contribution in [0.1, 0.15) is 28.5 Å². The van der Waals surface area contributed by atoms with Crippen LogP contribution in [0.15, 0.2) is 54.6 Å². The van der Waals surface area contributed by atoms with Gasteiger partial charge in [-0.25, -0.2) is 4.79 Å². The number of benzene rings is 2. The van der Waals surface area contributed by atoms with E-state index in [1.807, 2.05) is 42.5 Å². The van der Waals surface area contributed by atoms with Crippen molar-refractivity contribution in [2.75, 3.05) is 13.1 Å². The summed E-state index contributed by atoms with van der Waals surface area (Å²) in [6.45, 7) is 0.838. The second-order valence-corrected chi connectivity index (χ2v) is 6.20. The van der Waals surface area contributed by atoms with E-state index in [-0.39, 0.29) is 23.8 Å². The lowest BCUT2D eigenvalue weighted by atomic mass is 9.77. The third-order valence-electron chi connectivity index (χ3n) is 4.83. The Bertz CT molecular complexity index is 757. The molecule has 4 rings (SSSR count). The second-order valence-electron chi connectivity index (χ2n) is 6.20.